The summed E-state index contributed by atoms with van der Waals surface area (Å²) in [4.78, 5) is 25.3. The summed E-state index contributed by atoms with van der Waals surface area (Å²) >= 11 is 0. The van der Waals surface area contributed by atoms with Gasteiger partial charge in [0.2, 0.25) is 0 Å². The average molecular weight is 656 g/mol. The minimum atomic E-state index is 0.520. The van der Waals surface area contributed by atoms with Crippen molar-refractivity contribution in [1.29, 1.82) is 0 Å². The Hall–Kier alpha value is -6.85. The van der Waals surface area contributed by atoms with E-state index < -0.39 is 0 Å². The lowest BCUT2D eigenvalue weighted by atomic mass is 10.0. The molecule has 8 rings (SSSR count). The van der Waals surface area contributed by atoms with Crippen LogP contribution in [0.1, 0.15) is 23.7 Å². The van der Waals surface area contributed by atoms with Crippen LogP contribution >= 0.6 is 0 Å². The van der Waals surface area contributed by atoms with E-state index in [4.69, 9.17) is 24.9 Å². The summed E-state index contributed by atoms with van der Waals surface area (Å²) in [6.07, 6.45) is 4.01. The van der Waals surface area contributed by atoms with E-state index >= 15 is 0 Å². The minimum Gasteiger partial charge on any atom is -0.241 e. The third kappa shape index (κ3) is 6.74. The fraction of sp³-hybridized carbons (Fsp3) is 0.0217. The molecule has 5 aromatic carbocycles. The normalized spacial score (nSPS) is 11.4. The zero-order valence-corrected chi connectivity index (χ0v) is 28.1. The number of pyridine rings is 1. The largest absolute Gasteiger partial charge is 0.241 e. The maximum Gasteiger partial charge on any atom is 0.179 e. The van der Waals surface area contributed by atoms with Crippen molar-refractivity contribution in [3.63, 3.8) is 0 Å². The molecular weight excluding hydrogens is 623 g/mol. The first kappa shape index (κ1) is 31.4. The second-order valence-electron chi connectivity index (χ2n) is 12.3. The van der Waals surface area contributed by atoms with Gasteiger partial charge in [0.05, 0.1) is 22.8 Å². The highest BCUT2D eigenvalue weighted by Crippen LogP contribution is 2.31. The Morgan fingerprint density at radius 1 is 0.431 bits per heavy atom. The number of hydrogen-bond donors (Lipinski definition) is 0. The average Bonchev–Trinajstić information content (AvgIpc) is 3.21. The van der Waals surface area contributed by atoms with Gasteiger partial charge in [-0.3, -0.25) is 0 Å². The van der Waals surface area contributed by atoms with E-state index in [0.717, 1.165) is 61.6 Å². The molecule has 0 unspecified atom stereocenters. The van der Waals surface area contributed by atoms with Gasteiger partial charge >= 0.3 is 0 Å². The van der Waals surface area contributed by atoms with Gasteiger partial charge in [0.1, 0.15) is 11.4 Å². The highest BCUT2D eigenvalue weighted by atomic mass is 15.0. The number of allylic oxidation sites excluding steroid dienone is 1. The summed E-state index contributed by atoms with van der Waals surface area (Å²) < 4.78 is 0. The molecule has 0 N–H and O–H groups in total. The van der Waals surface area contributed by atoms with Crippen LogP contribution in [0.3, 0.4) is 0 Å². The molecule has 0 saturated heterocycles. The van der Waals surface area contributed by atoms with Gasteiger partial charge in [-0.05, 0) is 70.8 Å². The second-order valence-corrected chi connectivity index (χ2v) is 12.3. The van der Waals surface area contributed by atoms with Crippen LogP contribution in [0, 0.1) is 0 Å². The maximum absolute atomic E-state index is 5.10. The van der Waals surface area contributed by atoms with Crippen molar-refractivity contribution in [2.24, 2.45) is 0 Å². The fourth-order valence-electron chi connectivity index (χ4n) is 6.15. The Labute approximate surface area is 297 Å². The lowest BCUT2D eigenvalue weighted by Gasteiger charge is -2.12. The molecular formula is C46H33N5. The van der Waals surface area contributed by atoms with E-state index in [0.29, 0.717) is 23.0 Å². The van der Waals surface area contributed by atoms with E-state index in [9.17, 15) is 0 Å². The maximum atomic E-state index is 5.10. The van der Waals surface area contributed by atoms with E-state index in [1.54, 1.807) is 0 Å². The van der Waals surface area contributed by atoms with Crippen molar-refractivity contribution in [3.8, 4) is 56.8 Å². The molecule has 0 amide bonds. The van der Waals surface area contributed by atoms with Crippen LogP contribution in [0.4, 0.5) is 0 Å². The molecule has 3 heterocycles. The first-order valence-corrected chi connectivity index (χ1v) is 16.9. The van der Waals surface area contributed by atoms with Crippen molar-refractivity contribution in [2.45, 2.75) is 6.92 Å². The minimum absolute atomic E-state index is 0.520. The molecule has 0 atom stereocenters. The van der Waals surface area contributed by atoms with Crippen molar-refractivity contribution in [2.75, 3.05) is 0 Å². The van der Waals surface area contributed by atoms with Crippen molar-refractivity contribution >= 4 is 28.5 Å². The van der Waals surface area contributed by atoms with Crippen molar-refractivity contribution < 1.29 is 0 Å². The molecule has 51 heavy (non-hydrogen) atoms. The van der Waals surface area contributed by atoms with Gasteiger partial charge in [0, 0.05) is 16.7 Å². The van der Waals surface area contributed by atoms with Gasteiger partial charge in [0.15, 0.2) is 11.6 Å². The van der Waals surface area contributed by atoms with Gasteiger partial charge in [-0.25, -0.2) is 24.9 Å². The lowest BCUT2D eigenvalue weighted by molar-refractivity contribution is 1.11. The van der Waals surface area contributed by atoms with Gasteiger partial charge in [-0.1, -0.05) is 140 Å². The third-order valence-corrected chi connectivity index (χ3v) is 8.84. The Balaban J connectivity index is 1.26. The third-order valence-electron chi connectivity index (χ3n) is 8.84. The van der Waals surface area contributed by atoms with Crippen LogP contribution < -0.4 is 0 Å². The summed E-state index contributed by atoms with van der Waals surface area (Å²) in [6.45, 7) is 6.07. The SMILES string of the molecule is C=Cc1ccccc1/C=C(\C)c1cc(-c2ccccc2)nc(-c2cccc(-c3nc(-c4ccccc4)cc(-c4ccc5ccccc5c4)n3)n2)n1. The topological polar surface area (TPSA) is 64.5 Å². The number of rotatable bonds is 8. The van der Waals surface area contributed by atoms with Gasteiger partial charge in [-0.15, -0.1) is 0 Å². The van der Waals surface area contributed by atoms with E-state index in [1.165, 1.54) is 5.39 Å². The van der Waals surface area contributed by atoms with Crippen LogP contribution in [-0.2, 0) is 0 Å². The monoisotopic (exact) mass is 655 g/mol. The number of fused-ring (bicyclic) bond motifs is 1. The fourth-order valence-corrected chi connectivity index (χ4v) is 6.15. The second kappa shape index (κ2) is 13.9. The smallest absolute Gasteiger partial charge is 0.179 e. The quantitative estimate of drug-likeness (QED) is 0.163. The first-order chi connectivity index (χ1) is 25.1. The van der Waals surface area contributed by atoms with E-state index in [1.807, 2.05) is 84.9 Å². The zero-order chi connectivity index (χ0) is 34.6. The summed E-state index contributed by atoms with van der Waals surface area (Å²) in [5, 5.41) is 2.33. The molecule has 3 aromatic heterocycles. The molecule has 0 aliphatic carbocycles. The zero-order valence-electron chi connectivity index (χ0n) is 28.1. The van der Waals surface area contributed by atoms with Crippen molar-refractivity contribution in [3.05, 3.63) is 181 Å². The number of aromatic nitrogens is 5. The summed E-state index contributed by atoms with van der Waals surface area (Å²) in [5.74, 6) is 1.05. The van der Waals surface area contributed by atoms with Crippen molar-refractivity contribution in [1.82, 2.24) is 24.9 Å². The number of hydrogen-bond acceptors (Lipinski definition) is 5. The molecule has 0 saturated carbocycles. The molecule has 8 aromatic rings. The Morgan fingerprint density at radius 3 is 1.65 bits per heavy atom. The molecule has 0 aliphatic heterocycles. The van der Waals surface area contributed by atoms with Crippen LogP contribution in [0.2, 0.25) is 0 Å². The molecule has 0 bridgehead atoms. The predicted octanol–water partition coefficient (Wildman–Crippen LogP) is 11.4. The Morgan fingerprint density at radius 2 is 0.980 bits per heavy atom. The lowest BCUT2D eigenvalue weighted by Crippen LogP contribution is -2.01. The van der Waals surface area contributed by atoms with Gasteiger partial charge in [-0.2, -0.15) is 0 Å². The molecule has 0 fully saturated rings. The number of benzene rings is 5. The van der Waals surface area contributed by atoms with E-state index in [-0.39, 0.29) is 0 Å². The molecule has 5 heteroatoms. The molecule has 0 spiro atoms. The summed E-state index contributed by atoms with van der Waals surface area (Å²) in [7, 11) is 0. The summed E-state index contributed by atoms with van der Waals surface area (Å²) in [5.41, 5.74) is 10.7. The predicted molar refractivity (Wildman–Crippen MR) is 210 cm³/mol. The van der Waals surface area contributed by atoms with Crippen LogP contribution in [0.5, 0.6) is 0 Å². The van der Waals surface area contributed by atoms with Gasteiger partial charge in [0.25, 0.3) is 0 Å². The Kier molecular flexibility index (Phi) is 8.59. The standard InChI is InChI=1S/C46H33N5/c1-3-32-15-10-12-21-36(32)27-31(2)41-29-42(34-17-6-4-7-18-34)49-45(48-41)39-23-14-24-40(47-39)46-50-43(35-19-8-5-9-20-35)30-44(51-46)38-26-25-33-16-11-13-22-37(33)28-38/h3-30H,1H2,2H3/b31-27+. The van der Waals surface area contributed by atoms with Crippen LogP contribution in [0.15, 0.2) is 164 Å². The molecule has 0 aliphatic rings. The highest BCUT2D eigenvalue weighted by molar-refractivity contribution is 5.87. The summed E-state index contributed by atoms with van der Waals surface area (Å²) in [6, 6.07) is 53.2. The number of nitrogens with zero attached hydrogens (tertiary/aromatic N) is 5. The molecule has 242 valence electrons. The van der Waals surface area contributed by atoms with Crippen LogP contribution in [-0.4, -0.2) is 24.9 Å². The molecule has 5 nitrogen and oxygen atoms in total. The van der Waals surface area contributed by atoms with Gasteiger partial charge < -0.3 is 0 Å². The highest BCUT2D eigenvalue weighted by Gasteiger charge is 2.16. The van der Waals surface area contributed by atoms with Crippen LogP contribution in [0.25, 0.3) is 85.3 Å². The van der Waals surface area contributed by atoms with E-state index in [2.05, 4.69) is 98.4 Å². The first-order valence-electron chi connectivity index (χ1n) is 16.9. The Bertz CT molecular complexity index is 2560. The molecule has 0 radical (unpaired) electrons.